The Hall–Kier alpha value is -1.79. The van der Waals surface area contributed by atoms with Gasteiger partial charge in [-0.25, -0.2) is 0 Å². The van der Waals surface area contributed by atoms with Crippen LogP contribution in [0.3, 0.4) is 0 Å². The molecule has 3 N–H and O–H groups in total. The molecule has 0 aliphatic heterocycles. The average molecular weight is 478 g/mol. The monoisotopic (exact) mass is 477 g/mol. The number of hydrogen-bond acceptors (Lipinski definition) is 6. The Morgan fingerprint density at radius 3 is 0.806 bits per heavy atom. The quantitative estimate of drug-likeness (QED) is 0.270. The van der Waals surface area contributed by atoms with E-state index in [1.165, 1.54) is 39.0 Å². The summed E-state index contributed by atoms with van der Waals surface area (Å²) in [5, 5.41) is 27.1. The molecule has 0 aromatic heterocycles. The van der Waals surface area contributed by atoms with E-state index in [0.717, 1.165) is 0 Å². The zero-order valence-electron chi connectivity index (χ0n) is 20.6. The standard InChI is InChI=1S/3C8H14O2.V/c3*1-6(2)4-8(10)5-7(3)9;/h3*5-6,10H,4H2,1-3H3;/b3*8-5-;. The number of allylic oxidation sites excluding steroid dienone is 6. The normalized spacial score (nSPS) is 11.8. The molecule has 0 bridgehead atoms. The molecular formula is C24H42O6V. The summed E-state index contributed by atoms with van der Waals surface area (Å²) in [5.41, 5.74) is 0. The fraction of sp³-hybridized carbons (Fsp3) is 0.625. The molecule has 0 aliphatic rings. The number of rotatable bonds is 9. The fourth-order valence-electron chi connectivity index (χ4n) is 2.14. The van der Waals surface area contributed by atoms with Crippen LogP contribution in [-0.4, -0.2) is 32.7 Å². The molecule has 0 atom stereocenters. The summed E-state index contributed by atoms with van der Waals surface area (Å²) in [4.78, 5) is 31.2. The van der Waals surface area contributed by atoms with Crippen LogP contribution in [0.5, 0.6) is 0 Å². The third-order valence-corrected chi connectivity index (χ3v) is 2.96. The zero-order chi connectivity index (χ0) is 24.4. The second-order valence-electron chi connectivity index (χ2n) is 8.53. The van der Waals surface area contributed by atoms with Crippen LogP contribution in [-0.2, 0) is 32.9 Å². The fourth-order valence-corrected chi connectivity index (χ4v) is 2.14. The summed E-state index contributed by atoms with van der Waals surface area (Å²) >= 11 is 0. The third-order valence-electron chi connectivity index (χ3n) is 2.96. The average Bonchev–Trinajstić information content (AvgIpc) is 2.42. The molecule has 0 heterocycles. The van der Waals surface area contributed by atoms with E-state index in [9.17, 15) is 14.4 Å². The summed E-state index contributed by atoms with van der Waals surface area (Å²) in [6.07, 6.45) is 5.54. The van der Waals surface area contributed by atoms with E-state index >= 15 is 0 Å². The van der Waals surface area contributed by atoms with Crippen molar-refractivity contribution in [1.29, 1.82) is 0 Å². The van der Waals surface area contributed by atoms with Gasteiger partial charge in [0.05, 0.1) is 17.3 Å². The molecule has 0 aliphatic carbocycles. The number of carbonyl (C=O) groups excluding carboxylic acids is 3. The van der Waals surface area contributed by atoms with Gasteiger partial charge in [0.25, 0.3) is 0 Å². The van der Waals surface area contributed by atoms with Gasteiger partial charge < -0.3 is 15.3 Å². The van der Waals surface area contributed by atoms with E-state index in [1.807, 2.05) is 41.5 Å². The Balaban J connectivity index is -0.000000174. The Labute approximate surface area is 200 Å². The molecule has 0 aromatic carbocycles. The summed E-state index contributed by atoms with van der Waals surface area (Å²) in [6, 6.07) is 0. The predicted octanol–water partition coefficient (Wildman–Crippen LogP) is 6.19. The van der Waals surface area contributed by atoms with Gasteiger partial charge in [0.15, 0.2) is 17.3 Å². The van der Waals surface area contributed by atoms with Gasteiger partial charge in [-0.2, -0.15) is 0 Å². The van der Waals surface area contributed by atoms with Gasteiger partial charge in [-0.1, -0.05) is 41.5 Å². The first kappa shape index (κ1) is 36.6. The summed E-state index contributed by atoms with van der Waals surface area (Å²) in [5.74, 6) is 1.45. The number of aliphatic hydroxyl groups excluding tert-OH is 3. The van der Waals surface area contributed by atoms with Gasteiger partial charge in [-0.3, -0.25) is 14.4 Å². The van der Waals surface area contributed by atoms with E-state index in [2.05, 4.69) is 0 Å². The second-order valence-corrected chi connectivity index (χ2v) is 8.53. The van der Waals surface area contributed by atoms with E-state index in [-0.39, 0.29) is 53.2 Å². The smallest absolute Gasteiger partial charge is 0.155 e. The third kappa shape index (κ3) is 39.3. The summed E-state index contributed by atoms with van der Waals surface area (Å²) in [6.45, 7) is 16.2. The van der Waals surface area contributed by atoms with Crippen molar-refractivity contribution in [3.8, 4) is 0 Å². The minimum atomic E-state index is -0.0989. The van der Waals surface area contributed by atoms with Gasteiger partial charge in [0, 0.05) is 56.0 Å². The zero-order valence-corrected chi connectivity index (χ0v) is 22.0. The van der Waals surface area contributed by atoms with Crippen molar-refractivity contribution >= 4 is 17.3 Å². The molecule has 1 radical (unpaired) electrons. The molecule has 179 valence electrons. The minimum Gasteiger partial charge on any atom is -0.512 e. The Bertz CT molecular complexity index is 528. The Kier molecular flexibility index (Phi) is 25.3. The van der Waals surface area contributed by atoms with Crippen molar-refractivity contribution in [3.05, 3.63) is 35.5 Å². The van der Waals surface area contributed by atoms with E-state index in [0.29, 0.717) is 37.0 Å². The van der Waals surface area contributed by atoms with Crippen molar-refractivity contribution in [3.63, 3.8) is 0 Å². The molecule has 0 saturated heterocycles. The predicted molar refractivity (Wildman–Crippen MR) is 123 cm³/mol. The number of ketones is 3. The summed E-state index contributed by atoms with van der Waals surface area (Å²) in [7, 11) is 0. The second kappa shape index (κ2) is 21.4. The summed E-state index contributed by atoms with van der Waals surface area (Å²) < 4.78 is 0. The maximum absolute atomic E-state index is 10.4. The van der Waals surface area contributed by atoms with E-state index < -0.39 is 0 Å². The van der Waals surface area contributed by atoms with Crippen LogP contribution in [0.1, 0.15) is 81.6 Å². The Morgan fingerprint density at radius 2 is 0.710 bits per heavy atom. The van der Waals surface area contributed by atoms with Gasteiger partial charge in [0.1, 0.15) is 0 Å². The van der Waals surface area contributed by atoms with Gasteiger partial charge in [-0.05, 0) is 38.5 Å². The van der Waals surface area contributed by atoms with Crippen LogP contribution in [0.25, 0.3) is 0 Å². The van der Waals surface area contributed by atoms with Gasteiger partial charge >= 0.3 is 0 Å². The molecule has 0 aromatic rings. The first-order valence-corrected chi connectivity index (χ1v) is 10.3. The van der Waals surface area contributed by atoms with Crippen LogP contribution < -0.4 is 0 Å². The molecule has 0 fully saturated rings. The molecule has 31 heavy (non-hydrogen) atoms. The number of aliphatic hydroxyl groups is 3. The maximum atomic E-state index is 10.4. The Morgan fingerprint density at radius 1 is 0.548 bits per heavy atom. The van der Waals surface area contributed by atoms with Crippen molar-refractivity contribution in [2.45, 2.75) is 81.6 Å². The SMILES string of the molecule is CC(=O)/C=C(\O)CC(C)C.CC(=O)/C=C(\O)CC(C)C.CC(=O)/C=C(\O)CC(C)C.[V]. The minimum absolute atomic E-state index is 0. The van der Waals surface area contributed by atoms with Gasteiger partial charge in [-0.15, -0.1) is 0 Å². The molecule has 7 heteroatoms. The van der Waals surface area contributed by atoms with Crippen molar-refractivity contribution in [1.82, 2.24) is 0 Å². The van der Waals surface area contributed by atoms with E-state index in [4.69, 9.17) is 15.3 Å². The molecule has 6 nitrogen and oxygen atoms in total. The largest absolute Gasteiger partial charge is 0.512 e. The van der Waals surface area contributed by atoms with Crippen LogP contribution in [0, 0.1) is 17.8 Å². The topological polar surface area (TPSA) is 112 Å². The van der Waals surface area contributed by atoms with Crippen LogP contribution in [0.2, 0.25) is 0 Å². The van der Waals surface area contributed by atoms with Gasteiger partial charge in [0.2, 0.25) is 0 Å². The molecule has 0 rings (SSSR count). The number of hydrogen-bond donors (Lipinski definition) is 3. The van der Waals surface area contributed by atoms with Crippen LogP contribution in [0.15, 0.2) is 35.5 Å². The molecule has 0 unspecified atom stereocenters. The first-order chi connectivity index (χ1) is 13.6. The molecule has 0 spiro atoms. The maximum Gasteiger partial charge on any atom is 0.155 e. The first-order valence-electron chi connectivity index (χ1n) is 10.3. The molecule has 0 saturated carbocycles. The molecular weight excluding hydrogens is 435 g/mol. The van der Waals surface area contributed by atoms with Crippen molar-refractivity contribution < 1.29 is 48.3 Å². The van der Waals surface area contributed by atoms with Crippen LogP contribution in [0.4, 0.5) is 0 Å². The van der Waals surface area contributed by atoms with Crippen molar-refractivity contribution in [2.24, 2.45) is 17.8 Å². The van der Waals surface area contributed by atoms with Crippen molar-refractivity contribution in [2.75, 3.05) is 0 Å². The van der Waals surface area contributed by atoms with Crippen LogP contribution >= 0.6 is 0 Å². The number of carbonyl (C=O) groups is 3. The molecule has 0 amide bonds. The van der Waals surface area contributed by atoms with E-state index in [1.54, 1.807) is 0 Å².